The van der Waals surface area contributed by atoms with Gasteiger partial charge in [-0.2, -0.15) is 8.78 Å². The summed E-state index contributed by atoms with van der Waals surface area (Å²) in [5.74, 6) is -2.78. The van der Waals surface area contributed by atoms with E-state index in [0.717, 1.165) is 0 Å². The van der Waals surface area contributed by atoms with Crippen LogP contribution in [0.4, 0.5) is 8.78 Å². The van der Waals surface area contributed by atoms with Gasteiger partial charge in [-0.3, -0.25) is 0 Å². The van der Waals surface area contributed by atoms with Crippen LogP contribution in [0.1, 0.15) is 24.8 Å². The summed E-state index contributed by atoms with van der Waals surface area (Å²) in [6.45, 7) is -0.246. The van der Waals surface area contributed by atoms with E-state index in [9.17, 15) is 8.78 Å². The van der Waals surface area contributed by atoms with Gasteiger partial charge in [0, 0.05) is 30.2 Å². The number of nitrogens with two attached hydrogens (primary N) is 1. The van der Waals surface area contributed by atoms with Gasteiger partial charge >= 0.3 is 5.92 Å². The molecular weight excluding hydrogens is 386 g/mol. The fraction of sp³-hybridized carbons (Fsp3) is 0.562. The number of fused-ring (bicyclic) bond motifs is 2. The largest absolute Gasteiger partial charge is 0.490 e. The van der Waals surface area contributed by atoms with E-state index in [1.807, 2.05) is 0 Å². The molecule has 1 aromatic rings. The molecule has 1 spiro atoms. The zero-order valence-electron chi connectivity index (χ0n) is 13.2. The first-order valence-corrected chi connectivity index (χ1v) is 8.49. The van der Waals surface area contributed by atoms with Crippen molar-refractivity contribution in [3.05, 3.63) is 28.2 Å². The van der Waals surface area contributed by atoms with E-state index in [4.69, 9.17) is 19.9 Å². The Bertz CT molecular complexity index is 656. The van der Waals surface area contributed by atoms with Crippen LogP contribution in [0.15, 0.2) is 27.7 Å². The number of amidine groups is 1. The number of rotatable bonds is 4. The van der Waals surface area contributed by atoms with Crippen molar-refractivity contribution >= 4 is 22.0 Å². The summed E-state index contributed by atoms with van der Waals surface area (Å²) in [7, 11) is 1.60. The third-order valence-electron chi connectivity index (χ3n) is 4.39. The Balaban J connectivity index is 2.05. The Hall–Kier alpha value is -1.41. The Morgan fingerprint density at radius 3 is 3.00 bits per heavy atom. The number of ether oxygens (including phenoxy) is 3. The lowest BCUT2D eigenvalue weighted by molar-refractivity contribution is -0.139. The summed E-state index contributed by atoms with van der Waals surface area (Å²) < 4.78 is 46.3. The van der Waals surface area contributed by atoms with Crippen LogP contribution in [0.5, 0.6) is 5.75 Å². The molecule has 1 aromatic carbocycles. The molecule has 1 unspecified atom stereocenters. The molecule has 2 aliphatic heterocycles. The normalized spacial score (nSPS) is 27.8. The molecule has 0 saturated carbocycles. The number of methoxy groups -OCH3 is 1. The summed E-state index contributed by atoms with van der Waals surface area (Å²) >= 11 is 3.33. The molecule has 0 aromatic heterocycles. The summed E-state index contributed by atoms with van der Waals surface area (Å²) in [5, 5.41) is 0. The van der Waals surface area contributed by atoms with E-state index in [0.29, 0.717) is 35.2 Å². The SMILES string of the molecule is COCCCC1C[C@@]2(N=C(N)OCC2(F)F)c2cc(Br)ccc2O1. The second-order valence-corrected chi connectivity index (χ2v) is 6.94. The van der Waals surface area contributed by atoms with E-state index in [2.05, 4.69) is 20.9 Å². The second kappa shape index (κ2) is 6.48. The summed E-state index contributed by atoms with van der Waals surface area (Å²) in [5.41, 5.74) is 4.20. The summed E-state index contributed by atoms with van der Waals surface area (Å²) in [4.78, 5) is 4.08. The van der Waals surface area contributed by atoms with E-state index >= 15 is 0 Å². The minimum atomic E-state index is -3.19. The second-order valence-electron chi connectivity index (χ2n) is 6.02. The minimum Gasteiger partial charge on any atom is -0.490 e. The first kappa shape index (κ1) is 17.4. The molecule has 0 radical (unpaired) electrons. The van der Waals surface area contributed by atoms with Crippen molar-refractivity contribution in [2.75, 3.05) is 20.3 Å². The van der Waals surface area contributed by atoms with Gasteiger partial charge in [0.2, 0.25) is 0 Å². The maximum absolute atomic E-state index is 14.9. The van der Waals surface area contributed by atoms with Gasteiger partial charge < -0.3 is 19.9 Å². The molecule has 2 atom stereocenters. The minimum absolute atomic E-state index is 0.0389. The highest BCUT2D eigenvalue weighted by molar-refractivity contribution is 9.10. The smallest absolute Gasteiger partial charge is 0.310 e. The molecule has 3 rings (SSSR count). The molecular formula is C16H19BrF2N2O3. The van der Waals surface area contributed by atoms with Gasteiger partial charge in [-0.05, 0) is 31.0 Å². The average Bonchev–Trinajstić information content (AvgIpc) is 2.53. The van der Waals surface area contributed by atoms with Gasteiger partial charge in [0.15, 0.2) is 12.1 Å². The maximum Gasteiger partial charge on any atom is 0.310 e. The number of alkyl halides is 2. The van der Waals surface area contributed by atoms with Gasteiger partial charge in [0.1, 0.15) is 11.9 Å². The molecule has 5 nitrogen and oxygen atoms in total. The molecule has 0 aliphatic carbocycles. The maximum atomic E-state index is 14.9. The van der Waals surface area contributed by atoms with Crippen LogP contribution in [-0.4, -0.2) is 38.4 Å². The predicted octanol–water partition coefficient (Wildman–Crippen LogP) is 3.20. The number of hydrogen-bond acceptors (Lipinski definition) is 5. The molecule has 132 valence electrons. The lowest BCUT2D eigenvalue weighted by atomic mass is 9.76. The molecule has 2 heterocycles. The van der Waals surface area contributed by atoms with Gasteiger partial charge in [-0.25, -0.2) is 4.99 Å². The van der Waals surface area contributed by atoms with Gasteiger partial charge in [0.25, 0.3) is 6.02 Å². The third-order valence-corrected chi connectivity index (χ3v) is 4.88. The van der Waals surface area contributed by atoms with Crippen molar-refractivity contribution in [3.8, 4) is 5.75 Å². The summed E-state index contributed by atoms with van der Waals surface area (Å²) in [6.07, 6.45) is 0.952. The van der Waals surface area contributed by atoms with Crippen LogP contribution >= 0.6 is 15.9 Å². The quantitative estimate of drug-likeness (QED) is 0.782. The van der Waals surface area contributed by atoms with E-state index < -0.39 is 24.2 Å². The first-order valence-electron chi connectivity index (χ1n) is 7.69. The number of halogens is 3. The highest BCUT2D eigenvalue weighted by Gasteiger charge is 2.61. The zero-order valence-corrected chi connectivity index (χ0v) is 14.8. The Morgan fingerprint density at radius 2 is 2.25 bits per heavy atom. The average molecular weight is 405 g/mol. The fourth-order valence-electron chi connectivity index (χ4n) is 3.24. The highest BCUT2D eigenvalue weighted by Crippen LogP contribution is 2.53. The molecule has 2 N–H and O–H groups in total. The van der Waals surface area contributed by atoms with Gasteiger partial charge in [-0.1, -0.05) is 15.9 Å². The Kier molecular flexibility index (Phi) is 4.70. The number of benzene rings is 1. The first-order chi connectivity index (χ1) is 11.4. The monoisotopic (exact) mass is 404 g/mol. The molecule has 0 fully saturated rings. The topological polar surface area (TPSA) is 66.1 Å². The van der Waals surface area contributed by atoms with Crippen LogP contribution in [0, 0.1) is 0 Å². The molecule has 2 aliphatic rings. The standard InChI is InChI=1S/C16H19BrF2N2O3/c1-22-6-2-3-11-8-15(16(18,19)9-23-14(20)21-15)12-7-10(17)4-5-13(12)24-11/h4-5,7,11H,2-3,6,8-9H2,1H3,(H2,20,21)/t11?,15-/m1/s1. The zero-order chi connectivity index (χ0) is 17.4. The third kappa shape index (κ3) is 2.97. The Morgan fingerprint density at radius 1 is 1.46 bits per heavy atom. The molecule has 0 saturated heterocycles. The Labute approximate surface area is 147 Å². The van der Waals surface area contributed by atoms with E-state index in [-0.39, 0.29) is 12.4 Å². The number of hydrogen-bond donors (Lipinski definition) is 1. The van der Waals surface area contributed by atoms with Crippen LogP contribution in [0.2, 0.25) is 0 Å². The van der Waals surface area contributed by atoms with Crippen LogP contribution in [0.25, 0.3) is 0 Å². The molecule has 8 heteroatoms. The van der Waals surface area contributed by atoms with Crippen molar-refractivity contribution in [2.24, 2.45) is 10.7 Å². The highest BCUT2D eigenvalue weighted by atomic mass is 79.9. The van der Waals surface area contributed by atoms with Crippen molar-refractivity contribution in [1.82, 2.24) is 0 Å². The lowest BCUT2D eigenvalue weighted by Gasteiger charge is -2.45. The van der Waals surface area contributed by atoms with Crippen LogP contribution in [0.3, 0.4) is 0 Å². The molecule has 0 amide bonds. The van der Waals surface area contributed by atoms with Crippen molar-refractivity contribution in [1.29, 1.82) is 0 Å². The van der Waals surface area contributed by atoms with Crippen molar-refractivity contribution in [2.45, 2.75) is 36.8 Å². The number of aliphatic imine (C=N–C) groups is 1. The van der Waals surface area contributed by atoms with Gasteiger partial charge in [0.05, 0.1) is 0 Å². The summed E-state index contributed by atoms with van der Waals surface area (Å²) in [6, 6.07) is 4.84. The van der Waals surface area contributed by atoms with Crippen molar-refractivity contribution in [3.63, 3.8) is 0 Å². The lowest BCUT2D eigenvalue weighted by Crippen LogP contribution is -2.56. The number of nitrogens with zero attached hydrogens (tertiary/aromatic N) is 1. The van der Waals surface area contributed by atoms with E-state index in [1.165, 1.54) is 0 Å². The fourth-order valence-corrected chi connectivity index (χ4v) is 3.60. The van der Waals surface area contributed by atoms with Crippen molar-refractivity contribution < 1.29 is 23.0 Å². The molecule has 0 bridgehead atoms. The molecule has 24 heavy (non-hydrogen) atoms. The van der Waals surface area contributed by atoms with Crippen LogP contribution < -0.4 is 10.5 Å². The predicted molar refractivity (Wildman–Crippen MR) is 88.5 cm³/mol. The van der Waals surface area contributed by atoms with E-state index in [1.54, 1.807) is 25.3 Å². The van der Waals surface area contributed by atoms with Crippen LogP contribution in [-0.2, 0) is 15.0 Å². The van der Waals surface area contributed by atoms with Gasteiger partial charge in [-0.15, -0.1) is 0 Å².